The zero-order valence-electron chi connectivity index (χ0n) is 17.7. The van der Waals surface area contributed by atoms with Crippen LogP contribution in [0.25, 0.3) is 5.57 Å². The number of likely N-dealkylation sites (tertiary alicyclic amines) is 1. The Labute approximate surface area is 177 Å². The Morgan fingerprint density at radius 2 is 1.53 bits per heavy atom. The van der Waals surface area contributed by atoms with Crippen molar-refractivity contribution >= 4 is 28.8 Å². The van der Waals surface area contributed by atoms with Gasteiger partial charge in [-0.25, -0.2) is 4.90 Å². The van der Waals surface area contributed by atoms with Crippen molar-refractivity contribution in [2.45, 2.75) is 19.8 Å². The number of hydrogen-bond donors (Lipinski definition) is 0. The zero-order chi connectivity index (χ0) is 21.3. The molecule has 0 bridgehead atoms. The Bertz CT molecular complexity index is 972. The molecule has 30 heavy (non-hydrogen) atoms. The van der Waals surface area contributed by atoms with Crippen LogP contribution in [-0.4, -0.2) is 50.5 Å². The van der Waals surface area contributed by atoms with Crippen molar-refractivity contribution in [1.29, 1.82) is 0 Å². The van der Waals surface area contributed by atoms with E-state index >= 15 is 0 Å². The molecule has 2 aromatic rings. The third kappa shape index (κ3) is 3.54. The predicted octanol–water partition coefficient (Wildman–Crippen LogP) is 3.53. The molecule has 2 aromatic carbocycles. The van der Waals surface area contributed by atoms with Gasteiger partial charge in [-0.2, -0.15) is 0 Å². The first-order chi connectivity index (χ1) is 14.5. The van der Waals surface area contributed by atoms with Gasteiger partial charge >= 0.3 is 0 Å². The second-order valence-electron chi connectivity index (χ2n) is 7.73. The minimum absolute atomic E-state index is 0.247. The van der Waals surface area contributed by atoms with Crippen molar-refractivity contribution in [3.05, 3.63) is 59.8 Å². The summed E-state index contributed by atoms with van der Waals surface area (Å²) in [5, 5.41) is 0. The van der Waals surface area contributed by atoms with Crippen LogP contribution in [0, 0.1) is 0 Å². The highest BCUT2D eigenvalue weighted by Crippen LogP contribution is 2.37. The van der Waals surface area contributed by atoms with Crippen LogP contribution in [0.5, 0.6) is 5.75 Å². The van der Waals surface area contributed by atoms with Crippen LogP contribution in [0.4, 0.5) is 11.4 Å². The molecule has 1 saturated heterocycles. The minimum atomic E-state index is -0.274. The second kappa shape index (κ2) is 8.22. The van der Waals surface area contributed by atoms with Gasteiger partial charge in [0.05, 0.1) is 17.9 Å². The van der Waals surface area contributed by atoms with E-state index in [-0.39, 0.29) is 11.8 Å². The smallest absolute Gasteiger partial charge is 0.282 e. The number of anilines is 2. The largest absolute Gasteiger partial charge is 0.494 e. The van der Waals surface area contributed by atoms with Crippen LogP contribution >= 0.6 is 0 Å². The van der Waals surface area contributed by atoms with Crippen LogP contribution in [0.15, 0.2) is 54.2 Å². The molecule has 2 heterocycles. The molecule has 0 saturated carbocycles. The van der Waals surface area contributed by atoms with Crippen molar-refractivity contribution in [3.63, 3.8) is 0 Å². The average Bonchev–Trinajstić information content (AvgIpc) is 3.35. The summed E-state index contributed by atoms with van der Waals surface area (Å²) in [6.07, 6.45) is 2.05. The number of amides is 2. The number of carbonyl (C=O) groups is 2. The topological polar surface area (TPSA) is 53.1 Å². The first-order valence-electron chi connectivity index (χ1n) is 10.4. The molecule has 1 fully saturated rings. The fourth-order valence-electron chi connectivity index (χ4n) is 4.03. The number of hydrogen-bond acceptors (Lipinski definition) is 5. The van der Waals surface area contributed by atoms with Crippen LogP contribution in [0.1, 0.15) is 25.3 Å². The number of ether oxygens (including phenoxy) is 1. The average molecular weight is 405 g/mol. The molecule has 4 rings (SSSR count). The van der Waals surface area contributed by atoms with Crippen molar-refractivity contribution in [3.8, 4) is 5.75 Å². The monoisotopic (exact) mass is 405 g/mol. The highest BCUT2D eigenvalue weighted by atomic mass is 16.5. The second-order valence-corrected chi connectivity index (χ2v) is 7.73. The maximum atomic E-state index is 13.5. The van der Waals surface area contributed by atoms with Crippen LogP contribution in [0.3, 0.4) is 0 Å². The summed E-state index contributed by atoms with van der Waals surface area (Å²) in [5.41, 5.74) is 3.33. The van der Waals surface area contributed by atoms with E-state index in [0.717, 1.165) is 42.9 Å². The molecular weight excluding hydrogens is 378 g/mol. The normalized spacial score (nSPS) is 16.6. The minimum Gasteiger partial charge on any atom is -0.494 e. The van der Waals surface area contributed by atoms with Gasteiger partial charge in [0.1, 0.15) is 11.4 Å². The van der Waals surface area contributed by atoms with Gasteiger partial charge in [-0.05, 0) is 61.7 Å². The molecule has 0 N–H and O–H groups in total. The number of nitrogens with zero attached hydrogens (tertiary/aromatic N) is 3. The highest BCUT2D eigenvalue weighted by Gasteiger charge is 2.42. The Hall–Kier alpha value is -3.28. The third-order valence-electron chi connectivity index (χ3n) is 5.56. The van der Waals surface area contributed by atoms with Crippen LogP contribution < -0.4 is 14.5 Å². The van der Waals surface area contributed by atoms with Gasteiger partial charge in [0.15, 0.2) is 0 Å². The fraction of sp³-hybridized carbons (Fsp3) is 0.333. The first-order valence-corrected chi connectivity index (χ1v) is 10.4. The van der Waals surface area contributed by atoms with Crippen LogP contribution in [0.2, 0.25) is 0 Å². The molecule has 0 atom stereocenters. The summed E-state index contributed by atoms with van der Waals surface area (Å²) in [6, 6.07) is 14.9. The van der Waals surface area contributed by atoms with E-state index in [1.165, 1.54) is 4.90 Å². The molecule has 6 heteroatoms. The maximum Gasteiger partial charge on any atom is 0.282 e. The number of rotatable bonds is 6. The summed E-state index contributed by atoms with van der Waals surface area (Å²) in [7, 11) is 3.91. The Kier molecular flexibility index (Phi) is 5.48. The quantitative estimate of drug-likeness (QED) is 0.688. The first kappa shape index (κ1) is 20.0. The molecule has 0 spiro atoms. The Morgan fingerprint density at radius 3 is 2.10 bits per heavy atom. The predicted molar refractivity (Wildman–Crippen MR) is 119 cm³/mol. The third-order valence-corrected chi connectivity index (χ3v) is 5.56. The van der Waals surface area contributed by atoms with Gasteiger partial charge in [-0.3, -0.25) is 9.59 Å². The molecule has 2 amide bonds. The highest BCUT2D eigenvalue weighted by molar-refractivity contribution is 6.45. The van der Waals surface area contributed by atoms with Crippen molar-refractivity contribution in [2.75, 3.05) is 43.6 Å². The molecule has 0 unspecified atom stereocenters. The SMILES string of the molecule is CCOc1ccc(C2=C(N3CCCC3)C(=O)N(c3ccc(N(C)C)cc3)C2=O)cc1. The number of imide groups is 1. The molecule has 2 aliphatic heterocycles. The molecule has 2 aliphatic rings. The van der Waals surface area contributed by atoms with Gasteiger partial charge < -0.3 is 14.5 Å². The summed E-state index contributed by atoms with van der Waals surface area (Å²) < 4.78 is 5.53. The maximum absolute atomic E-state index is 13.5. The van der Waals surface area contributed by atoms with E-state index in [1.807, 2.05) is 74.4 Å². The summed E-state index contributed by atoms with van der Waals surface area (Å²) in [4.78, 5) is 32.3. The van der Waals surface area contributed by atoms with Gasteiger partial charge in [0.2, 0.25) is 0 Å². The lowest BCUT2D eigenvalue weighted by molar-refractivity contribution is -0.120. The Morgan fingerprint density at radius 1 is 0.900 bits per heavy atom. The molecule has 156 valence electrons. The number of carbonyl (C=O) groups excluding carboxylic acids is 2. The molecule has 6 nitrogen and oxygen atoms in total. The van der Waals surface area contributed by atoms with E-state index in [4.69, 9.17) is 4.74 Å². The van der Waals surface area contributed by atoms with Gasteiger partial charge in [-0.1, -0.05) is 12.1 Å². The fourth-order valence-corrected chi connectivity index (χ4v) is 4.03. The van der Waals surface area contributed by atoms with E-state index in [0.29, 0.717) is 23.6 Å². The lowest BCUT2D eigenvalue weighted by Gasteiger charge is -2.21. The Balaban J connectivity index is 1.74. The van der Waals surface area contributed by atoms with Crippen molar-refractivity contribution in [1.82, 2.24) is 4.90 Å². The lowest BCUT2D eigenvalue weighted by Crippen LogP contribution is -2.34. The lowest BCUT2D eigenvalue weighted by atomic mass is 10.0. The zero-order valence-corrected chi connectivity index (χ0v) is 17.7. The van der Waals surface area contributed by atoms with Gasteiger partial charge in [0.25, 0.3) is 11.8 Å². The number of benzene rings is 2. The van der Waals surface area contributed by atoms with Crippen molar-refractivity contribution < 1.29 is 14.3 Å². The van der Waals surface area contributed by atoms with E-state index < -0.39 is 0 Å². The van der Waals surface area contributed by atoms with Crippen LogP contribution in [-0.2, 0) is 9.59 Å². The molecule has 0 aromatic heterocycles. The summed E-state index contributed by atoms with van der Waals surface area (Å²) >= 11 is 0. The van der Waals surface area contributed by atoms with Gasteiger partial charge in [0, 0.05) is 32.9 Å². The summed E-state index contributed by atoms with van der Waals surface area (Å²) in [6.45, 7) is 4.10. The molecule has 0 aliphatic carbocycles. The van der Waals surface area contributed by atoms with Crippen molar-refractivity contribution in [2.24, 2.45) is 0 Å². The van der Waals surface area contributed by atoms with Gasteiger partial charge in [-0.15, -0.1) is 0 Å². The molecule has 0 radical (unpaired) electrons. The van der Waals surface area contributed by atoms with E-state index in [1.54, 1.807) is 0 Å². The summed E-state index contributed by atoms with van der Waals surface area (Å²) in [5.74, 6) is 0.226. The van der Waals surface area contributed by atoms with E-state index in [2.05, 4.69) is 4.90 Å². The standard InChI is InChI=1S/C24H27N3O3/c1-4-30-20-13-7-17(8-14-20)21-22(26-15-5-6-16-26)24(29)27(23(21)28)19-11-9-18(10-12-19)25(2)3/h7-14H,4-6,15-16H2,1-3H3. The molecular formula is C24H27N3O3. The van der Waals surface area contributed by atoms with E-state index in [9.17, 15) is 9.59 Å².